The molecule has 0 unspecified atom stereocenters. The SMILES string of the molecule is CCN(CC)CCCc1cc2oc3ccc(C(=O)[O-])cc3c2c(CCCN(CC)CC)c1C(=O)[O-].Cl.Cl. The Morgan fingerprint density at radius 3 is 1.86 bits per heavy atom. The van der Waals surface area contributed by atoms with Gasteiger partial charge in [0.05, 0.1) is 11.9 Å². The molecule has 0 bridgehead atoms. The second-order valence-electron chi connectivity index (χ2n) is 8.91. The van der Waals surface area contributed by atoms with Crippen LogP contribution in [-0.4, -0.2) is 61.0 Å². The molecule has 0 aliphatic carbocycles. The summed E-state index contributed by atoms with van der Waals surface area (Å²) >= 11 is 0. The lowest BCUT2D eigenvalue weighted by atomic mass is 9.90. The van der Waals surface area contributed by atoms with Gasteiger partial charge in [0.15, 0.2) is 0 Å². The van der Waals surface area contributed by atoms with Crippen molar-refractivity contribution in [3.05, 3.63) is 46.5 Å². The van der Waals surface area contributed by atoms with Crippen molar-refractivity contribution in [2.24, 2.45) is 0 Å². The monoisotopic (exact) mass is 552 g/mol. The van der Waals surface area contributed by atoms with Crippen LogP contribution in [0.25, 0.3) is 21.9 Å². The van der Waals surface area contributed by atoms with E-state index in [9.17, 15) is 19.8 Å². The van der Waals surface area contributed by atoms with Crippen molar-refractivity contribution in [3.8, 4) is 0 Å². The predicted octanol–water partition coefficient (Wildman–Crippen LogP) is 3.71. The molecule has 3 rings (SSSR count). The summed E-state index contributed by atoms with van der Waals surface area (Å²) in [5, 5.41) is 25.2. The van der Waals surface area contributed by atoms with E-state index in [1.165, 1.54) is 12.1 Å². The number of carboxylic acid groups (broad SMARTS) is 2. The first-order chi connectivity index (χ1) is 16.8. The molecule has 0 radical (unpaired) electrons. The third-order valence-electron chi connectivity index (χ3n) is 7.00. The molecule has 1 aromatic heterocycles. The standard InChI is InChI=1S/C28H38N2O5.2ClH/c1-5-29(6-2)15-9-11-19-18-24-26(22-17-20(27(31)32)13-14-23(22)35-24)21(25(19)28(33)34)12-10-16-30(7-3)8-4;;/h13-14,17-18H,5-12,15-16H2,1-4H3,(H,31,32)(H,33,34);2*1H/p-2. The van der Waals surface area contributed by atoms with Gasteiger partial charge in [-0.05, 0) is 106 Å². The molecule has 37 heavy (non-hydrogen) atoms. The Morgan fingerprint density at radius 1 is 0.784 bits per heavy atom. The first-order valence-electron chi connectivity index (χ1n) is 12.7. The zero-order valence-corrected chi connectivity index (χ0v) is 23.8. The van der Waals surface area contributed by atoms with Crippen LogP contribution in [-0.2, 0) is 12.8 Å². The van der Waals surface area contributed by atoms with Crippen molar-refractivity contribution in [1.29, 1.82) is 0 Å². The molecule has 9 heteroatoms. The highest BCUT2D eigenvalue weighted by Gasteiger charge is 2.20. The van der Waals surface area contributed by atoms with Crippen LogP contribution in [0.15, 0.2) is 28.7 Å². The van der Waals surface area contributed by atoms with Gasteiger partial charge in [-0.1, -0.05) is 27.7 Å². The molecule has 7 nitrogen and oxygen atoms in total. The van der Waals surface area contributed by atoms with Gasteiger partial charge in [0, 0.05) is 16.3 Å². The van der Waals surface area contributed by atoms with Crippen LogP contribution in [0.5, 0.6) is 0 Å². The molecule has 1 heterocycles. The predicted molar refractivity (Wildman–Crippen MR) is 149 cm³/mol. The Kier molecular flexibility index (Phi) is 13.4. The maximum absolute atomic E-state index is 12.5. The molecule has 3 aromatic rings. The molecule has 0 fully saturated rings. The number of rotatable bonds is 14. The third-order valence-corrected chi connectivity index (χ3v) is 7.00. The second kappa shape index (κ2) is 15.2. The molecule has 0 spiro atoms. The highest BCUT2D eigenvalue weighted by molar-refractivity contribution is 6.11. The van der Waals surface area contributed by atoms with Crippen molar-refractivity contribution in [3.63, 3.8) is 0 Å². The summed E-state index contributed by atoms with van der Waals surface area (Å²) < 4.78 is 6.10. The fraction of sp³-hybridized carbons (Fsp3) is 0.500. The Hall–Kier alpha value is -2.32. The third kappa shape index (κ3) is 7.60. The first kappa shape index (κ1) is 32.7. The number of fused-ring (bicyclic) bond motifs is 3. The summed E-state index contributed by atoms with van der Waals surface area (Å²) in [6.45, 7) is 13.9. The molecule has 0 saturated heterocycles. The van der Waals surface area contributed by atoms with Gasteiger partial charge in [0.25, 0.3) is 0 Å². The van der Waals surface area contributed by atoms with Gasteiger partial charge in [-0.15, -0.1) is 24.8 Å². The number of carbonyl (C=O) groups is 2. The summed E-state index contributed by atoms with van der Waals surface area (Å²) in [6, 6.07) is 6.38. The lowest BCUT2D eigenvalue weighted by Gasteiger charge is -2.21. The van der Waals surface area contributed by atoms with Gasteiger partial charge in [-0.2, -0.15) is 0 Å². The molecule has 2 aromatic carbocycles. The number of halogens is 2. The van der Waals surface area contributed by atoms with E-state index in [4.69, 9.17) is 4.42 Å². The fourth-order valence-corrected chi connectivity index (χ4v) is 4.96. The molecule has 0 aliphatic rings. The lowest BCUT2D eigenvalue weighted by Crippen LogP contribution is -2.28. The van der Waals surface area contributed by atoms with Crippen molar-refractivity contribution in [2.75, 3.05) is 39.3 Å². The maximum atomic E-state index is 12.5. The summed E-state index contributed by atoms with van der Waals surface area (Å²) in [5.74, 6) is -2.48. The highest BCUT2D eigenvalue weighted by Crippen LogP contribution is 2.36. The van der Waals surface area contributed by atoms with Gasteiger partial charge in [-0.3, -0.25) is 0 Å². The summed E-state index contributed by atoms with van der Waals surface area (Å²) in [5.41, 5.74) is 2.74. The summed E-state index contributed by atoms with van der Waals surface area (Å²) in [4.78, 5) is 28.6. The van der Waals surface area contributed by atoms with Crippen molar-refractivity contribution in [2.45, 2.75) is 53.4 Å². The van der Waals surface area contributed by atoms with Crippen LogP contribution in [0.1, 0.15) is 72.4 Å². The molecule has 0 aliphatic heterocycles. The number of aromatic carboxylic acids is 2. The number of benzene rings is 2. The smallest absolute Gasteiger partial charge is 0.136 e. The minimum Gasteiger partial charge on any atom is -0.545 e. The van der Waals surface area contributed by atoms with Crippen molar-refractivity contribution >= 4 is 58.7 Å². The number of hydrogen-bond acceptors (Lipinski definition) is 7. The Bertz CT molecular complexity index is 1190. The van der Waals surface area contributed by atoms with Crippen LogP contribution >= 0.6 is 24.8 Å². The van der Waals surface area contributed by atoms with E-state index in [-0.39, 0.29) is 35.9 Å². The average Bonchev–Trinajstić information content (AvgIpc) is 3.21. The van der Waals surface area contributed by atoms with Gasteiger partial charge >= 0.3 is 0 Å². The van der Waals surface area contributed by atoms with E-state index in [2.05, 4.69) is 37.5 Å². The topological polar surface area (TPSA) is 99.9 Å². The van der Waals surface area contributed by atoms with E-state index in [0.717, 1.165) is 52.1 Å². The number of hydrogen-bond donors (Lipinski definition) is 0. The van der Waals surface area contributed by atoms with Crippen LogP contribution in [0, 0.1) is 0 Å². The normalized spacial score (nSPS) is 11.2. The Labute approximate surface area is 231 Å². The van der Waals surface area contributed by atoms with Gasteiger partial charge in [-0.25, -0.2) is 0 Å². The largest absolute Gasteiger partial charge is 0.545 e. The zero-order valence-electron chi connectivity index (χ0n) is 22.1. The van der Waals surface area contributed by atoms with E-state index in [0.29, 0.717) is 45.9 Å². The van der Waals surface area contributed by atoms with E-state index < -0.39 is 11.9 Å². The van der Waals surface area contributed by atoms with Gasteiger partial charge < -0.3 is 34.0 Å². The number of nitrogens with zero attached hydrogens (tertiary/aromatic N) is 2. The number of furan rings is 1. The molecule has 0 saturated carbocycles. The first-order valence-corrected chi connectivity index (χ1v) is 12.7. The van der Waals surface area contributed by atoms with Crippen LogP contribution in [0.3, 0.4) is 0 Å². The fourth-order valence-electron chi connectivity index (χ4n) is 4.96. The Balaban J connectivity index is 0.00000342. The van der Waals surface area contributed by atoms with Crippen LogP contribution < -0.4 is 10.2 Å². The summed E-state index contributed by atoms with van der Waals surface area (Å²) in [6.07, 6.45) is 2.72. The highest BCUT2D eigenvalue weighted by atomic mass is 35.5. The van der Waals surface area contributed by atoms with Crippen LogP contribution in [0.4, 0.5) is 0 Å². The second-order valence-corrected chi connectivity index (χ2v) is 8.91. The van der Waals surface area contributed by atoms with E-state index in [1.54, 1.807) is 12.1 Å². The average molecular weight is 554 g/mol. The molecular formula is C28H38Cl2N2O5-2. The van der Waals surface area contributed by atoms with E-state index >= 15 is 0 Å². The number of carboxylic acids is 2. The molecule has 0 amide bonds. The molecular weight excluding hydrogens is 515 g/mol. The number of aryl methyl sites for hydroxylation is 2. The van der Waals surface area contributed by atoms with Gasteiger partial charge in [0.1, 0.15) is 11.2 Å². The van der Waals surface area contributed by atoms with E-state index in [1.807, 2.05) is 0 Å². The zero-order chi connectivity index (χ0) is 25.5. The van der Waals surface area contributed by atoms with Gasteiger partial charge in [0.2, 0.25) is 0 Å². The Morgan fingerprint density at radius 2 is 1.35 bits per heavy atom. The minimum atomic E-state index is -1.28. The molecule has 0 atom stereocenters. The molecule has 0 N–H and O–H groups in total. The van der Waals surface area contributed by atoms with Crippen molar-refractivity contribution in [1.82, 2.24) is 9.80 Å². The molecule has 206 valence electrons. The lowest BCUT2D eigenvalue weighted by molar-refractivity contribution is -0.256. The number of carbonyl (C=O) groups excluding carboxylic acids is 2. The summed E-state index contributed by atoms with van der Waals surface area (Å²) in [7, 11) is 0. The van der Waals surface area contributed by atoms with Crippen LogP contribution in [0.2, 0.25) is 0 Å². The minimum absolute atomic E-state index is 0. The quantitative estimate of drug-likeness (QED) is 0.300. The maximum Gasteiger partial charge on any atom is 0.136 e. The van der Waals surface area contributed by atoms with Crippen molar-refractivity contribution < 1.29 is 24.2 Å².